The molecule has 0 saturated heterocycles. The van der Waals surface area contributed by atoms with E-state index in [2.05, 4.69) is 12.2 Å². The SMILES string of the molecule is CC1CCCCC1CNC(=O)c1ccc([N+](=O)[O-])c(N)c1. The number of amides is 1. The van der Waals surface area contributed by atoms with Crippen LogP contribution in [-0.4, -0.2) is 17.4 Å². The Bertz CT molecular complexity index is 545. The average Bonchev–Trinajstić information content (AvgIpc) is 2.45. The first-order chi connectivity index (χ1) is 9.99. The Labute approximate surface area is 123 Å². The number of benzene rings is 1. The van der Waals surface area contributed by atoms with Crippen LogP contribution in [0.2, 0.25) is 0 Å². The van der Waals surface area contributed by atoms with Gasteiger partial charge in [0.2, 0.25) is 0 Å². The molecule has 1 aromatic carbocycles. The number of rotatable bonds is 4. The van der Waals surface area contributed by atoms with Crippen molar-refractivity contribution in [3.05, 3.63) is 33.9 Å². The lowest BCUT2D eigenvalue weighted by Gasteiger charge is -2.28. The highest BCUT2D eigenvalue weighted by Crippen LogP contribution is 2.29. The minimum Gasteiger partial charge on any atom is -0.393 e. The fourth-order valence-electron chi connectivity index (χ4n) is 2.88. The van der Waals surface area contributed by atoms with E-state index in [9.17, 15) is 14.9 Å². The molecule has 0 aliphatic heterocycles. The van der Waals surface area contributed by atoms with Crippen molar-refractivity contribution in [2.45, 2.75) is 32.6 Å². The molecular formula is C15H21N3O3. The van der Waals surface area contributed by atoms with Crippen molar-refractivity contribution in [1.82, 2.24) is 5.32 Å². The summed E-state index contributed by atoms with van der Waals surface area (Å²) in [7, 11) is 0. The lowest BCUT2D eigenvalue weighted by atomic mass is 9.80. The van der Waals surface area contributed by atoms with Gasteiger partial charge >= 0.3 is 0 Å². The minimum absolute atomic E-state index is 0.0127. The highest BCUT2D eigenvalue weighted by molar-refractivity contribution is 5.95. The smallest absolute Gasteiger partial charge is 0.292 e. The number of nitro groups is 1. The highest BCUT2D eigenvalue weighted by atomic mass is 16.6. The summed E-state index contributed by atoms with van der Waals surface area (Å²) in [6.07, 6.45) is 4.84. The van der Waals surface area contributed by atoms with Crippen LogP contribution in [-0.2, 0) is 0 Å². The van der Waals surface area contributed by atoms with Crippen LogP contribution in [0.15, 0.2) is 18.2 Å². The molecule has 1 amide bonds. The number of hydrogen-bond acceptors (Lipinski definition) is 4. The highest BCUT2D eigenvalue weighted by Gasteiger charge is 2.22. The number of nitrogen functional groups attached to an aromatic ring is 1. The van der Waals surface area contributed by atoms with Gasteiger partial charge in [0.25, 0.3) is 11.6 Å². The Morgan fingerprint density at radius 2 is 2.14 bits per heavy atom. The van der Waals surface area contributed by atoms with Crippen LogP contribution >= 0.6 is 0 Å². The van der Waals surface area contributed by atoms with Gasteiger partial charge in [0, 0.05) is 18.2 Å². The Balaban J connectivity index is 1.97. The zero-order valence-corrected chi connectivity index (χ0v) is 12.2. The van der Waals surface area contributed by atoms with Crippen molar-refractivity contribution in [1.29, 1.82) is 0 Å². The van der Waals surface area contributed by atoms with Gasteiger partial charge in [-0.15, -0.1) is 0 Å². The minimum atomic E-state index is -0.555. The van der Waals surface area contributed by atoms with Crippen LogP contribution in [0.1, 0.15) is 43.0 Å². The maximum Gasteiger partial charge on any atom is 0.292 e. The summed E-state index contributed by atoms with van der Waals surface area (Å²) < 4.78 is 0. The van der Waals surface area contributed by atoms with Gasteiger partial charge in [0.15, 0.2) is 0 Å². The van der Waals surface area contributed by atoms with E-state index in [1.807, 2.05) is 0 Å². The van der Waals surface area contributed by atoms with E-state index in [4.69, 9.17) is 5.73 Å². The van der Waals surface area contributed by atoms with Crippen molar-refractivity contribution in [2.75, 3.05) is 12.3 Å². The molecule has 1 aliphatic rings. The first-order valence-corrected chi connectivity index (χ1v) is 7.31. The molecule has 0 bridgehead atoms. The topological polar surface area (TPSA) is 98.3 Å². The maximum absolute atomic E-state index is 12.1. The first kappa shape index (κ1) is 15.3. The van der Waals surface area contributed by atoms with E-state index in [0.717, 1.165) is 6.42 Å². The fourth-order valence-corrected chi connectivity index (χ4v) is 2.88. The van der Waals surface area contributed by atoms with Gasteiger partial charge in [-0.05, 0) is 30.4 Å². The molecule has 0 spiro atoms. The third-order valence-corrected chi connectivity index (χ3v) is 4.30. The molecule has 2 unspecified atom stereocenters. The third kappa shape index (κ3) is 3.71. The Morgan fingerprint density at radius 1 is 1.43 bits per heavy atom. The van der Waals surface area contributed by atoms with E-state index in [0.29, 0.717) is 23.9 Å². The third-order valence-electron chi connectivity index (χ3n) is 4.30. The molecule has 3 N–H and O–H groups in total. The molecule has 1 saturated carbocycles. The summed E-state index contributed by atoms with van der Waals surface area (Å²) in [4.78, 5) is 22.2. The molecule has 114 valence electrons. The molecule has 21 heavy (non-hydrogen) atoms. The fraction of sp³-hybridized carbons (Fsp3) is 0.533. The number of carbonyl (C=O) groups is 1. The number of nitrogens with zero attached hydrogens (tertiary/aromatic N) is 1. The lowest BCUT2D eigenvalue weighted by Crippen LogP contribution is -2.33. The van der Waals surface area contributed by atoms with E-state index in [1.54, 1.807) is 0 Å². The predicted octanol–water partition coefficient (Wildman–Crippen LogP) is 2.73. The van der Waals surface area contributed by atoms with Crippen LogP contribution < -0.4 is 11.1 Å². The van der Waals surface area contributed by atoms with Crippen LogP contribution in [0.3, 0.4) is 0 Å². The van der Waals surface area contributed by atoms with Gasteiger partial charge in [-0.1, -0.05) is 26.2 Å². The number of hydrogen-bond donors (Lipinski definition) is 2. The number of nitrogens with two attached hydrogens (primary N) is 1. The number of nitro benzene ring substituents is 1. The average molecular weight is 291 g/mol. The van der Waals surface area contributed by atoms with Gasteiger partial charge in [0.05, 0.1) is 4.92 Å². The molecule has 2 rings (SSSR count). The quantitative estimate of drug-likeness (QED) is 0.506. The Hall–Kier alpha value is -2.11. The molecule has 0 aromatic heterocycles. The van der Waals surface area contributed by atoms with E-state index in [1.165, 1.54) is 37.5 Å². The summed E-state index contributed by atoms with van der Waals surface area (Å²) >= 11 is 0. The maximum atomic E-state index is 12.1. The normalized spacial score (nSPS) is 21.8. The molecule has 0 radical (unpaired) electrons. The van der Waals surface area contributed by atoms with Crippen LogP contribution in [0.4, 0.5) is 11.4 Å². The first-order valence-electron chi connectivity index (χ1n) is 7.31. The van der Waals surface area contributed by atoms with Crippen LogP contribution in [0.25, 0.3) is 0 Å². The van der Waals surface area contributed by atoms with Gasteiger partial charge < -0.3 is 11.1 Å². The van der Waals surface area contributed by atoms with E-state index in [-0.39, 0.29) is 17.3 Å². The van der Waals surface area contributed by atoms with Crippen LogP contribution in [0, 0.1) is 22.0 Å². The number of anilines is 1. The zero-order valence-electron chi connectivity index (χ0n) is 12.2. The van der Waals surface area contributed by atoms with Gasteiger partial charge in [-0.25, -0.2) is 0 Å². The molecule has 1 fully saturated rings. The van der Waals surface area contributed by atoms with Gasteiger partial charge in [-0.3, -0.25) is 14.9 Å². The zero-order chi connectivity index (χ0) is 15.4. The summed E-state index contributed by atoms with van der Waals surface area (Å²) in [6, 6.07) is 4.07. The van der Waals surface area contributed by atoms with Crippen molar-refractivity contribution >= 4 is 17.3 Å². The summed E-state index contributed by atoms with van der Waals surface area (Å²) in [5.74, 6) is 0.911. The van der Waals surface area contributed by atoms with E-state index < -0.39 is 4.92 Å². The Kier molecular flexibility index (Phi) is 4.77. The molecule has 0 heterocycles. The monoisotopic (exact) mass is 291 g/mol. The largest absolute Gasteiger partial charge is 0.393 e. The second-order valence-electron chi connectivity index (χ2n) is 5.76. The second-order valence-corrected chi connectivity index (χ2v) is 5.76. The molecular weight excluding hydrogens is 270 g/mol. The second kappa shape index (κ2) is 6.56. The summed E-state index contributed by atoms with van der Waals surface area (Å²) in [6.45, 7) is 2.87. The number of carbonyl (C=O) groups excluding carboxylic acids is 1. The molecule has 2 atom stereocenters. The Morgan fingerprint density at radius 3 is 2.76 bits per heavy atom. The van der Waals surface area contributed by atoms with Gasteiger partial charge in [0.1, 0.15) is 5.69 Å². The van der Waals surface area contributed by atoms with Crippen molar-refractivity contribution in [3.8, 4) is 0 Å². The lowest BCUT2D eigenvalue weighted by molar-refractivity contribution is -0.383. The summed E-state index contributed by atoms with van der Waals surface area (Å²) in [5.41, 5.74) is 5.80. The molecule has 6 heteroatoms. The van der Waals surface area contributed by atoms with Crippen LogP contribution in [0.5, 0.6) is 0 Å². The summed E-state index contributed by atoms with van der Waals surface area (Å²) in [5, 5.41) is 13.6. The van der Waals surface area contributed by atoms with Crippen molar-refractivity contribution in [3.63, 3.8) is 0 Å². The predicted molar refractivity (Wildman–Crippen MR) is 81.0 cm³/mol. The molecule has 6 nitrogen and oxygen atoms in total. The van der Waals surface area contributed by atoms with E-state index >= 15 is 0 Å². The molecule has 1 aliphatic carbocycles. The van der Waals surface area contributed by atoms with Crippen molar-refractivity contribution < 1.29 is 9.72 Å². The molecule has 1 aromatic rings. The standard InChI is InChI=1S/C15H21N3O3/c1-10-4-2-3-5-12(10)9-17-15(19)11-6-7-14(18(20)21)13(16)8-11/h6-8,10,12H,2-5,9,16H2,1H3,(H,17,19). The van der Waals surface area contributed by atoms with Gasteiger partial charge in [-0.2, -0.15) is 0 Å². The number of nitrogens with one attached hydrogen (secondary N) is 1. The van der Waals surface area contributed by atoms with Crippen molar-refractivity contribution in [2.24, 2.45) is 11.8 Å².